The summed E-state index contributed by atoms with van der Waals surface area (Å²) in [4.78, 5) is 10.5. The zero-order valence-corrected chi connectivity index (χ0v) is 5.00. The summed E-state index contributed by atoms with van der Waals surface area (Å²) in [6.07, 6.45) is 1.59. The molecule has 0 aromatic rings. The number of epoxide rings is 1. The summed E-state index contributed by atoms with van der Waals surface area (Å²) in [7, 11) is 0. The molecule has 0 radical (unpaired) electrons. The Morgan fingerprint density at radius 2 is 2.67 bits per heavy atom. The third kappa shape index (κ3) is 2.28. The van der Waals surface area contributed by atoms with Gasteiger partial charge in [0.15, 0.2) is 0 Å². The van der Waals surface area contributed by atoms with E-state index in [4.69, 9.17) is 4.74 Å². The Kier molecular flexibility index (Phi) is 1.85. The van der Waals surface area contributed by atoms with Crippen molar-refractivity contribution >= 4 is 5.97 Å². The molecule has 0 aromatic heterocycles. The van der Waals surface area contributed by atoms with Gasteiger partial charge in [-0.2, -0.15) is 0 Å². The lowest BCUT2D eigenvalue weighted by Crippen LogP contribution is -2.02. The van der Waals surface area contributed by atoms with Crippen LogP contribution in [-0.2, 0) is 14.3 Å². The molecule has 50 valence electrons. The lowest BCUT2D eigenvalue weighted by atomic mass is 10.3. The first-order valence-electron chi connectivity index (χ1n) is 2.75. The lowest BCUT2D eigenvalue weighted by Gasteiger charge is -1.92. The van der Waals surface area contributed by atoms with Gasteiger partial charge in [-0.25, -0.2) is 0 Å². The van der Waals surface area contributed by atoms with Crippen LogP contribution in [0.2, 0.25) is 0 Å². The van der Waals surface area contributed by atoms with E-state index in [0.29, 0.717) is 13.0 Å². The molecule has 1 rings (SSSR count). The van der Waals surface area contributed by atoms with Crippen molar-refractivity contribution in [1.82, 2.24) is 0 Å². The molecule has 9 heavy (non-hydrogen) atoms. The van der Waals surface area contributed by atoms with E-state index in [1.807, 2.05) is 0 Å². The highest BCUT2D eigenvalue weighted by molar-refractivity contribution is 5.70. The highest BCUT2D eigenvalue weighted by Crippen LogP contribution is 2.13. The summed E-state index contributed by atoms with van der Waals surface area (Å²) < 4.78 is 9.23. The third-order valence-electron chi connectivity index (χ3n) is 1.01. The molecule has 1 unspecified atom stereocenters. The lowest BCUT2D eigenvalue weighted by molar-refractivity contribution is -0.138. The van der Waals surface area contributed by atoms with Gasteiger partial charge in [0.1, 0.15) is 0 Å². The van der Waals surface area contributed by atoms with E-state index >= 15 is 0 Å². The van der Waals surface area contributed by atoms with Crippen molar-refractivity contribution in [3.63, 3.8) is 0 Å². The molecule has 0 aliphatic carbocycles. The van der Waals surface area contributed by atoms with E-state index in [1.165, 1.54) is 0 Å². The third-order valence-corrected chi connectivity index (χ3v) is 1.01. The highest BCUT2D eigenvalue weighted by Gasteiger charge is 2.25. The monoisotopic (exact) mass is 128 g/mol. The van der Waals surface area contributed by atoms with E-state index in [-0.39, 0.29) is 12.1 Å². The van der Waals surface area contributed by atoms with Gasteiger partial charge in [-0.1, -0.05) is 6.58 Å². The summed E-state index contributed by atoms with van der Waals surface area (Å²) in [5.41, 5.74) is 0. The minimum atomic E-state index is -0.271. The molecule has 0 bridgehead atoms. The van der Waals surface area contributed by atoms with Crippen molar-refractivity contribution in [3.8, 4) is 0 Å². The standard InChI is InChI=1S/C6H8O3/c1-2-8-6(7)3-5-4-9-5/h2,5H,1,3-4H2. The molecule has 3 heteroatoms. The Morgan fingerprint density at radius 3 is 3.11 bits per heavy atom. The fraction of sp³-hybridized carbons (Fsp3) is 0.500. The van der Waals surface area contributed by atoms with Gasteiger partial charge in [-0.3, -0.25) is 4.79 Å². The highest BCUT2D eigenvalue weighted by atomic mass is 16.6. The van der Waals surface area contributed by atoms with Crippen molar-refractivity contribution < 1.29 is 14.3 Å². The number of esters is 1. The van der Waals surface area contributed by atoms with Crippen LogP contribution < -0.4 is 0 Å². The molecule has 1 saturated heterocycles. The zero-order valence-electron chi connectivity index (χ0n) is 5.00. The van der Waals surface area contributed by atoms with Crippen molar-refractivity contribution in [2.45, 2.75) is 12.5 Å². The summed E-state index contributed by atoms with van der Waals surface area (Å²) in [5.74, 6) is -0.271. The Morgan fingerprint density at radius 1 is 2.00 bits per heavy atom. The van der Waals surface area contributed by atoms with E-state index in [9.17, 15) is 4.79 Å². The van der Waals surface area contributed by atoms with Crippen LogP contribution in [0.25, 0.3) is 0 Å². The second-order valence-electron chi connectivity index (χ2n) is 1.82. The first-order chi connectivity index (χ1) is 4.33. The molecule has 0 saturated carbocycles. The quantitative estimate of drug-likeness (QED) is 0.315. The predicted molar refractivity (Wildman–Crippen MR) is 30.6 cm³/mol. The number of hydrogen-bond acceptors (Lipinski definition) is 3. The van der Waals surface area contributed by atoms with Crippen LogP contribution in [0.3, 0.4) is 0 Å². The van der Waals surface area contributed by atoms with Crippen molar-refractivity contribution in [2.24, 2.45) is 0 Å². The predicted octanol–water partition coefficient (Wildman–Crippen LogP) is 0.462. The van der Waals surface area contributed by atoms with Crippen LogP contribution in [0.1, 0.15) is 6.42 Å². The molecule has 0 amide bonds. The maximum atomic E-state index is 10.5. The van der Waals surface area contributed by atoms with E-state index in [1.54, 1.807) is 0 Å². The minimum Gasteiger partial charge on any atom is -0.435 e. The van der Waals surface area contributed by atoms with Crippen LogP contribution in [0.15, 0.2) is 12.8 Å². The number of rotatable bonds is 3. The van der Waals surface area contributed by atoms with Crippen LogP contribution in [0.4, 0.5) is 0 Å². The molecule has 0 aromatic carbocycles. The number of ether oxygens (including phenoxy) is 2. The minimum absolute atomic E-state index is 0.109. The van der Waals surface area contributed by atoms with Gasteiger partial charge in [-0.05, 0) is 0 Å². The molecule has 0 spiro atoms. The SMILES string of the molecule is C=COC(=O)CC1CO1. The zero-order chi connectivity index (χ0) is 6.69. The van der Waals surface area contributed by atoms with E-state index in [2.05, 4.69) is 11.3 Å². The molecule has 1 aliphatic heterocycles. The normalized spacial score (nSPS) is 22.9. The Labute approximate surface area is 53.3 Å². The van der Waals surface area contributed by atoms with Gasteiger partial charge < -0.3 is 9.47 Å². The second-order valence-corrected chi connectivity index (χ2v) is 1.82. The summed E-state index contributed by atoms with van der Waals surface area (Å²) in [6, 6.07) is 0. The molecule has 1 aliphatic rings. The van der Waals surface area contributed by atoms with E-state index in [0.717, 1.165) is 6.26 Å². The van der Waals surface area contributed by atoms with Gasteiger partial charge in [0, 0.05) is 0 Å². The van der Waals surface area contributed by atoms with Gasteiger partial charge >= 0.3 is 5.97 Å². The number of carbonyl (C=O) groups is 1. The van der Waals surface area contributed by atoms with Crippen LogP contribution in [0, 0.1) is 0 Å². The molecule has 1 fully saturated rings. The van der Waals surface area contributed by atoms with Gasteiger partial charge in [0.25, 0.3) is 0 Å². The first kappa shape index (κ1) is 6.29. The Balaban J connectivity index is 2.09. The largest absolute Gasteiger partial charge is 0.435 e. The maximum Gasteiger partial charge on any atom is 0.313 e. The van der Waals surface area contributed by atoms with Gasteiger partial charge in [0.2, 0.25) is 0 Å². The summed E-state index contributed by atoms with van der Waals surface area (Å²) in [6.45, 7) is 3.93. The second kappa shape index (κ2) is 2.64. The van der Waals surface area contributed by atoms with Crippen LogP contribution in [0.5, 0.6) is 0 Å². The molecule has 1 atom stereocenters. The topological polar surface area (TPSA) is 38.8 Å². The molecule has 1 heterocycles. The molecular weight excluding hydrogens is 120 g/mol. The fourth-order valence-corrected chi connectivity index (χ4v) is 0.513. The van der Waals surface area contributed by atoms with E-state index < -0.39 is 0 Å². The van der Waals surface area contributed by atoms with Crippen molar-refractivity contribution in [1.29, 1.82) is 0 Å². The van der Waals surface area contributed by atoms with Crippen LogP contribution >= 0.6 is 0 Å². The molecule has 3 nitrogen and oxygen atoms in total. The number of hydrogen-bond donors (Lipinski definition) is 0. The molecular formula is C6H8O3. The average molecular weight is 128 g/mol. The van der Waals surface area contributed by atoms with Gasteiger partial charge in [-0.15, -0.1) is 0 Å². The smallest absolute Gasteiger partial charge is 0.313 e. The number of carbonyl (C=O) groups excluding carboxylic acids is 1. The summed E-state index contributed by atoms with van der Waals surface area (Å²) >= 11 is 0. The van der Waals surface area contributed by atoms with Crippen molar-refractivity contribution in [3.05, 3.63) is 12.8 Å². The Bertz CT molecular complexity index is 126. The summed E-state index contributed by atoms with van der Waals surface area (Å²) in [5, 5.41) is 0. The van der Waals surface area contributed by atoms with Crippen molar-refractivity contribution in [2.75, 3.05) is 6.61 Å². The first-order valence-corrected chi connectivity index (χ1v) is 2.75. The fourth-order valence-electron chi connectivity index (χ4n) is 0.513. The molecule has 0 N–H and O–H groups in total. The van der Waals surface area contributed by atoms with Gasteiger partial charge in [0.05, 0.1) is 25.4 Å². The maximum absolute atomic E-state index is 10.5. The van der Waals surface area contributed by atoms with Crippen LogP contribution in [-0.4, -0.2) is 18.7 Å². The Hall–Kier alpha value is -0.830. The average Bonchev–Trinajstić information content (AvgIpc) is 2.50.